The highest BCUT2D eigenvalue weighted by molar-refractivity contribution is 7.10. The van der Waals surface area contributed by atoms with Gasteiger partial charge in [0.1, 0.15) is 5.75 Å². The molecule has 1 aromatic carbocycles. The normalized spacial score (nSPS) is 18.0. The third-order valence-corrected chi connectivity index (χ3v) is 6.21. The number of benzene rings is 1. The Balaban J connectivity index is 1.71. The van der Waals surface area contributed by atoms with Crippen LogP contribution in [-0.2, 0) is 0 Å². The molecular weight excluding hydrogens is 358 g/mol. The molecule has 3 rings (SSSR count). The van der Waals surface area contributed by atoms with Gasteiger partial charge in [-0.3, -0.25) is 9.69 Å². The summed E-state index contributed by atoms with van der Waals surface area (Å²) >= 11 is 1.76. The summed E-state index contributed by atoms with van der Waals surface area (Å²) in [5, 5.41) is 5.33. The summed E-state index contributed by atoms with van der Waals surface area (Å²) in [5.41, 5.74) is 0.656. The standard InChI is InChI=1S/C21H29N3O2S/c1-4-23-11-13-24(14-12-23)20(19-6-5-15-27-19)16(2)22-21(25)17-7-9-18(26-3)10-8-17/h5-10,15-16,20H,4,11-14H2,1-3H3,(H,22,25)/t16-,20-/m0/s1. The molecule has 1 fully saturated rings. The van der Waals surface area contributed by atoms with Gasteiger partial charge < -0.3 is 15.0 Å². The Bertz CT molecular complexity index is 710. The van der Waals surface area contributed by atoms with E-state index in [0.29, 0.717) is 5.56 Å². The molecule has 0 bridgehead atoms. The SMILES string of the molecule is CCN1CCN([C@H](c2cccs2)[C@H](C)NC(=O)c2ccc(OC)cc2)CC1. The average Bonchev–Trinajstić information content (AvgIpc) is 3.23. The number of carbonyl (C=O) groups is 1. The van der Waals surface area contributed by atoms with Crippen molar-refractivity contribution in [2.75, 3.05) is 39.8 Å². The van der Waals surface area contributed by atoms with E-state index < -0.39 is 0 Å². The minimum atomic E-state index is -0.0427. The van der Waals surface area contributed by atoms with Crippen LogP contribution in [-0.4, -0.2) is 61.6 Å². The predicted molar refractivity (Wildman–Crippen MR) is 111 cm³/mol. The number of hydrogen-bond donors (Lipinski definition) is 1. The molecule has 6 heteroatoms. The van der Waals surface area contributed by atoms with E-state index in [9.17, 15) is 4.79 Å². The number of rotatable bonds is 7. The van der Waals surface area contributed by atoms with Crippen LogP contribution in [0.15, 0.2) is 41.8 Å². The Morgan fingerprint density at radius 2 is 1.89 bits per heavy atom. The van der Waals surface area contributed by atoms with Crippen LogP contribution in [0.2, 0.25) is 0 Å². The van der Waals surface area contributed by atoms with E-state index in [1.165, 1.54) is 4.88 Å². The molecule has 27 heavy (non-hydrogen) atoms. The van der Waals surface area contributed by atoms with Crippen molar-refractivity contribution < 1.29 is 9.53 Å². The first-order valence-corrected chi connectivity index (χ1v) is 10.4. The molecule has 2 atom stereocenters. The molecule has 146 valence electrons. The first kappa shape index (κ1) is 19.9. The predicted octanol–water partition coefficient (Wildman–Crippen LogP) is 3.25. The number of amides is 1. The van der Waals surface area contributed by atoms with Crippen LogP contribution in [0.25, 0.3) is 0 Å². The molecule has 1 amide bonds. The number of carbonyl (C=O) groups excluding carboxylic acids is 1. The summed E-state index contributed by atoms with van der Waals surface area (Å²) in [6.07, 6.45) is 0. The van der Waals surface area contributed by atoms with E-state index in [-0.39, 0.29) is 18.0 Å². The fraction of sp³-hybridized carbons (Fsp3) is 0.476. The summed E-state index contributed by atoms with van der Waals surface area (Å²) in [7, 11) is 1.63. The summed E-state index contributed by atoms with van der Waals surface area (Å²) in [6.45, 7) is 9.64. The van der Waals surface area contributed by atoms with E-state index in [2.05, 4.69) is 46.5 Å². The molecule has 1 saturated heterocycles. The van der Waals surface area contributed by atoms with Gasteiger partial charge in [-0.2, -0.15) is 0 Å². The van der Waals surface area contributed by atoms with Crippen LogP contribution in [0.5, 0.6) is 5.75 Å². The van der Waals surface area contributed by atoms with Crippen molar-refractivity contribution in [3.63, 3.8) is 0 Å². The van der Waals surface area contributed by atoms with E-state index in [1.54, 1.807) is 30.6 Å². The Hall–Kier alpha value is -1.89. The molecule has 1 N–H and O–H groups in total. The lowest BCUT2D eigenvalue weighted by molar-refractivity contribution is 0.0753. The highest BCUT2D eigenvalue weighted by atomic mass is 32.1. The van der Waals surface area contributed by atoms with Crippen molar-refractivity contribution in [1.82, 2.24) is 15.1 Å². The average molecular weight is 388 g/mol. The number of methoxy groups -OCH3 is 1. The topological polar surface area (TPSA) is 44.8 Å². The van der Waals surface area contributed by atoms with Gasteiger partial charge in [-0.1, -0.05) is 13.0 Å². The van der Waals surface area contributed by atoms with Gasteiger partial charge >= 0.3 is 0 Å². The van der Waals surface area contributed by atoms with Gasteiger partial charge in [0.15, 0.2) is 0 Å². The Morgan fingerprint density at radius 3 is 2.44 bits per heavy atom. The minimum Gasteiger partial charge on any atom is -0.497 e. The van der Waals surface area contributed by atoms with Crippen molar-refractivity contribution in [3.05, 3.63) is 52.2 Å². The fourth-order valence-corrected chi connectivity index (χ4v) is 4.64. The molecule has 2 aromatic rings. The second kappa shape index (κ2) is 9.35. The van der Waals surface area contributed by atoms with Crippen LogP contribution in [0.4, 0.5) is 0 Å². The summed E-state index contributed by atoms with van der Waals surface area (Å²) in [6, 6.07) is 11.7. The van der Waals surface area contributed by atoms with Crippen molar-refractivity contribution in [1.29, 1.82) is 0 Å². The largest absolute Gasteiger partial charge is 0.497 e. The Morgan fingerprint density at radius 1 is 1.19 bits per heavy atom. The van der Waals surface area contributed by atoms with Gasteiger partial charge in [-0.15, -0.1) is 11.3 Å². The Kier molecular flexibility index (Phi) is 6.88. The lowest BCUT2D eigenvalue weighted by Crippen LogP contribution is -2.52. The number of nitrogens with zero attached hydrogens (tertiary/aromatic N) is 2. The molecule has 0 radical (unpaired) electrons. The maximum atomic E-state index is 12.7. The zero-order chi connectivity index (χ0) is 19.2. The van der Waals surface area contributed by atoms with Gasteiger partial charge in [0.2, 0.25) is 0 Å². The minimum absolute atomic E-state index is 0.0198. The lowest BCUT2D eigenvalue weighted by atomic mass is 10.0. The smallest absolute Gasteiger partial charge is 0.251 e. The molecule has 1 aromatic heterocycles. The maximum absolute atomic E-state index is 12.7. The van der Waals surface area contributed by atoms with Gasteiger partial charge in [0, 0.05) is 42.7 Å². The molecule has 0 saturated carbocycles. The quantitative estimate of drug-likeness (QED) is 0.792. The summed E-state index contributed by atoms with van der Waals surface area (Å²) < 4.78 is 5.17. The molecule has 0 spiro atoms. The van der Waals surface area contributed by atoms with E-state index >= 15 is 0 Å². The number of ether oxygens (including phenoxy) is 1. The molecule has 1 aliphatic rings. The van der Waals surface area contributed by atoms with Crippen LogP contribution < -0.4 is 10.1 Å². The highest BCUT2D eigenvalue weighted by Crippen LogP contribution is 2.29. The van der Waals surface area contributed by atoms with Gasteiger partial charge in [0.05, 0.1) is 13.2 Å². The van der Waals surface area contributed by atoms with Gasteiger partial charge in [-0.25, -0.2) is 0 Å². The lowest BCUT2D eigenvalue weighted by Gasteiger charge is -2.41. The third-order valence-electron chi connectivity index (χ3n) is 5.27. The van der Waals surface area contributed by atoms with Crippen LogP contribution >= 0.6 is 11.3 Å². The molecular formula is C21H29N3O2S. The van der Waals surface area contributed by atoms with Gasteiger partial charge in [0.25, 0.3) is 5.91 Å². The molecule has 0 unspecified atom stereocenters. The van der Waals surface area contributed by atoms with E-state index in [4.69, 9.17) is 4.74 Å². The Labute approximate surface area is 165 Å². The van der Waals surface area contributed by atoms with E-state index in [0.717, 1.165) is 38.5 Å². The van der Waals surface area contributed by atoms with Crippen molar-refractivity contribution in [2.24, 2.45) is 0 Å². The summed E-state index contributed by atoms with van der Waals surface area (Å²) in [5.74, 6) is 0.712. The second-order valence-corrected chi connectivity index (χ2v) is 7.90. The first-order valence-electron chi connectivity index (χ1n) is 9.57. The monoisotopic (exact) mass is 387 g/mol. The first-order chi connectivity index (χ1) is 13.1. The maximum Gasteiger partial charge on any atom is 0.251 e. The van der Waals surface area contributed by atoms with Crippen LogP contribution in [0, 0.1) is 0 Å². The number of likely N-dealkylation sites (N-methyl/N-ethyl adjacent to an activating group) is 1. The number of piperazine rings is 1. The number of hydrogen-bond acceptors (Lipinski definition) is 5. The third kappa shape index (κ3) is 4.89. The molecule has 5 nitrogen and oxygen atoms in total. The molecule has 2 heterocycles. The van der Waals surface area contributed by atoms with Crippen LogP contribution in [0.1, 0.15) is 35.1 Å². The molecule has 0 aliphatic carbocycles. The van der Waals surface area contributed by atoms with Crippen molar-refractivity contribution in [2.45, 2.75) is 25.9 Å². The zero-order valence-corrected chi connectivity index (χ0v) is 17.2. The number of thiophene rings is 1. The van der Waals surface area contributed by atoms with Crippen molar-refractivity contribution in [3.8, 4) is 5.75 Å². The number of nitrogens with one attached hydrogen (secondary N) is 1. The van der Waals surface area contributed by atoms with Crippen molar-refractivity contribution >= 4 is 17.2 Å². The van der Waals surface area contributed by atoms with Crippen LogP contribution in [0.3, 0.4) is 0 Å². The molecule has 1 aliphatic heterocycles. The zero-order valence-electron chi connectivity index (χ0n) is 16.4. The fourth-order valence-electron chi connectivity index (χ4n) is 3.67. The summed E-state index contributed by atoms with van der Waals surface area (Å²) in [4.78, 5) is 19.0. The van der Waals surface area contributed by atoms with E-state index in [1.807, 2.05) is 12.1 Å². The second-order valence-electron chi connectivity index (χ2n) is 6.92. The van der Waals surface area contributed by atoms with Gasteiger partial charge in [-0.05, 0) is 49.2 Å². The highest BCUT2D eigenvalue weighted by Gasteiger charge is 2.30.